The molecule has 2 aliphatic rings. The summed E-state index contributed by atoms with van der Waals surface area (Å²) < 4.78 is 5.14. The summed E-state index contributed by atoms with van der Waals surface area (Å²) in [6, 6.07) is 0.838. The summed E-state index contributed by atoms with van der Waals surface area (Å²) in [5.74, 6) is 2.40. The highest BCUT2D eigenvalue weighted by molar-refractivity contribution is 7.99. The first kappa shape index (κ1) is 22.3. The molecule has 1 amide bonds. The van der Waals surface area contributed by atoms with Crippen LogP contribution >= 0.6 is 36.6 Å². The number of hydrogen-bond acceptors (Lipinski definition) is 5. The molecule has 0 spiro atoms. The minimum Gasteiger partial charge on any atom is -0.383 e. The number of hydrogen-bond donors (Lipinski definition) is 2. The van der Waals surface area contributed by atoms with Gasteiger partial charge in [-0.3, -0.25) is 9.69 Å². The Morgan fingerprint density at radius 2 is 2.27 bits per heavy atom. The molecule has 8 heteroatoms. The number of nitrogens with one attached hydrogen (secondary N) is 2. The lowest BCUT2D eigenvalue weighted by Crippen LogP contribution is -2.44. The van der Waals surface area contributed by atoms with Gasteiger partial charge >= 0.3 is 0 Å². The fourth-order valence-electron chi connectivity index (χ4n) is 2.91. The van der Waals surface area contributed by atoms with Crippen LogP contribution < -0.4 is 10.6 Å². The van der Waals surface area contributed by atoms with E-state index in [1.54, 1.807) is 7.11 Å². The molecule has 2 unspecified atom stereocenters. The van der Waals surface area contributed by atoms with Crippen molar-refractivity contribution in [1.82, 2.24) is 15.5 Å². The monoisotopic (exact) mass is 373 g/mol. The average Bonchev–Trinajstić information content (AvgIpc) is 2.91. The Kier molecular flexibility index (Phi) is 12.8. The van der Waals surface area contributed by atoms with Gasteiger partial charge in [-0.1, -0.05) is 0 Å². The second kappa shape index (κ2) is 12.7. The number of methoxy groups -OCH3 is 1. The van der Waals surface area contributed by atoms with E-state index >= 15 is 0 Å². The predicted molar refractivity (Wildman–Crippen MR) is 97.7 cm³/mol. The molecule has 0 radical (unpaired) electrons. The third kappa shape index (κ3) is 7.70. The Morgan fingerprint density at radius 1 is 1.45 bits per heavy atom. The largest absolute Gasteiger partial charge is 0.383 e. The molecule has 2 fully saturated rings. The molecule has 2 aliphatic heterocycles. The summed E-state index contributed by atoms with van der Waals surface area (Å²) in [4.78, 5) is 14.4. The van der Waals surface area contributed by atoms with Crippen LogP contribution in [0.3, 0.4) is 0 Å². The van der Waals surface area contributed by atoms with E-state index in [4.69, 9.17) is 4.74 Å². The lowest BCUT2D eigenvalue weighted by molar-refractivity contribution is -0.121. The first-order chi connectivity index (χ1) is 9.79. The third-order valence-corrected chi connectivity index (χ3v) is 5.18. The first-order valence-electron chi connectivity index (χ1n) is 7.60. The molecule has 22 heavy (non-hydrogen) atoms. The number of carbonyl (C=O) groups excluding carboxylic acids is 1. The quantitative estimate of drug-likeness (QED) is 0.700. The van der Waals surface area contributed by atoms with E-state index < -0.39 is 0 Å². The van der Waals surface area contributed by atoms with Crippen LogP contribution in [0.15, 0.2) is 0 Å². The number of ether oxygens (including phenoxy) is 1. The van der Waals surface area contributed by atoms with Crippen molar-refractivity contribution in [2.45, 2.75) is 31.3 Å². The zero-order valence-electron chi connectivity index (χ0n) is 13.2. The van der Waals surface area contributed by atoms with Crippen LogP contribution in [0, 0.1) is 0 Å². The highest BCUT2D eigenvalue weighted by Gasteiger charge is 2.24. The number of nitrogens with zero attached hydrogens (tertiary/aromatic N) is 1. The van der Waals surface area contributed by atoms with E-state index in [1.165, 1.54) is 12.8 Å². The minimum atomic E-state index is 0. The van der Waals surface area contributed by atoms with Crippen molar-refractivity contribution in [3.05, 3.63) is 0 Å². The summed E-state index contributed by atoms with van der Waals surface area (Å²) in [7, 11) is 1.74. The molecule has 5 nitrogen and oxygen atoms in total. The van der Waals surface area contributed by atoms with Crippen LogP contribution in [-0.4, -0.2) is 74.3 Å². The molecule has 0 aliphatic carbocycles. The summed E-state index contributed by atoms with van der Waals surface area (Å²) in [6.07, 6.45) is 3.02. The second-order valence-electron chi connectivity index (χ2n) is 5.56. The summed E-state index contributed by atoms with van der Waals surface area (Å²) in [5.41, 5.74) is 0. The molecule has 2 saturated heterocycles. The van der Waals surface area contributed by atoms with Crippen LogP contribution in [0.2, 0.25) is 0 Å². The van der Waals surface area contributed by atoms with Gasteiger partial charge in [-0.15, -0.1) is 24.8 Å². The fourth-order valence-corrected chi connectivity index (χ4v) is 3.86. The van der Waals surface area contributed by atoms with Gasteiger partial charge in [0.05, 0.1) is 6.61 Å². The number of halogens is 2. The average molecular weight is 374 g/mol. The van der Waals surface area contributed by atoms with Crippen LogP contribution in [0.5, 0.6) is 0 Å². The summed E-state index contributed by atoms with van der Waals surface area (Å²) in [6.45, 7) is 4.68. The van der Waals surface area contributed by atoms with Gasteiger partial charge in [0, 0.05) is 56.8 Å². The van der Waals surface area contributed by atoms with Gasteiger partial charge in [0.1, 0.15) is 0 Å². The van der Waals surface area contributed by atoms with Crippen molar-refractivity contribution in [2.24, 2.45) is 0 Å². The first-order valence-corrected chi connectivity index (χ1v) is 8.76. The maximum atomic E-state index is 12.0. The molecule has 0 bridgehead atoms. The van der Waals surface area contributed by atoms with Crippen LogP contribution in [0.4, 0.5) is 0 Å². The summed E-state index contributed by atoms with van der Waals surface area (Å²) in [5, 5.41) is 6.51. The summed E-state index contributed by atoms with van der Waals surface area (Å²) >= 11 is 1.93. The van der Waals surface area contributed by atoms with Crippen molar-refractivity contribution < 1.29 is 9.53 Å². The lowest BCUT2D eigenvalue weighted by atomic mass is 10.2. The van der Waals surface area contributed by atoms with E-state index in [1.807, 2.05) is 11.8 Å². The SMILES string of the molecule is COCCN1CCCC1CNC(=O)CC1CSCCN1.Cl.Cl. The standard InChI is InChI=1S/C14H27N3O2S.2ClH/c1-19-7-6-17-5-2-3-13(17)10-16-14(18)9-12-11-20-8-4-15-12;;/h12-13,15H,2-11H2,1H3,(H,16,18);2*1H. The van der Waals surface area contributed by atoms with Crippen molar-refractivity contribution in [3.63, 3.8) is 0 Å². The van der Waals surface area contributed by atoms with Gasteiger partial charge in [-0.2, -0.15) is 11.8 Å². The smallest absolute Gasteiger partial charge is 0.221 e. The molecule has 0 aromatic carbocycles. The topological polar surface area (TPSA) is 53.6 Å². The normalized spacial score (nSPS) is 25.1. The lowest BCUT2D eigenvalue weighted by Gasteiger charge is -2.25. The number of rotatable bonds is 7. The Morgan fingerprint density at radius 3 is 2.95 bits per heavy atom. The predicted octanol–water partition coefficient (Wildman–Crippen LogP) is 1.15. The molecule has 0 saturated carbocycles. The Balaban J connectivity index is 0.00000220. The van der Waals surface area contributed by atoms with Crippen molar-refractivity contribution in [3.8, 4) is 0 Å². The highest BCUT2D eigenvalue weighted by atomic mass is 35.5. The number of likely N-dealkylation sites (tertiary alicyclic amines) is 1. The van der Waals surface area contributed by atoms with Crippen LogP contribution in [-0.2, 0) is 9.53 Å². The van der Waals surface area contributed by atoms with Crippen molar-refractivity contribution >= 4 is 42.5 Å². The Labute approximate surface area is 150 Å². The Bertz CT molecular complexity index is 308. The molecular formula is C14H29Cl2N3O2S. The minimum absolute atomic E-state index is 0. The van der Waals surface area contributed by atoms with Gasteiger partial charge in [-0.05, 0) is 19.4 Å². The van der Waals surface area contributed by atoms with Gasteiger partial charge in [0.15, 0.2) is 0 Å². The van der Waals surface area contributed by atoms with Crippen LogP contribution in [0.25, 0.3) is 0 Å². The van der Waals surface area contributed by atoms with Gasteiger partial charge in [0.25, 0.3) is 0 Å². The molecule has 2 rings (SSSR count). The van der Waals surface area contributed by atoms with E-state index in [2.05, 4.69) is 15.5 Å². The molecule has 0 aromatic heterocycles. The molecule has 132 valence electrons. The Hall–Kier alpha value is 0.280. The van der Waals surface area contributed by atoms with E-state index in [0.29, 0.717) is 18.5 Å². The molecule has 2 heterocycles. The van der Waals surface area contributed by atoms with E-state index in [-0.39, 0.29) is 30.7 Å². The van der Waals surface area contributed by atoms with Crippen molar-refractivity contribution in [1.29, 1.82) is 0 Å². The van der Waals surface area contributed by atoms with Crippen LogP contribution in [0.1, 0.15) is 19.3 Å². The number of amides is 1. The van der Waals surface area contributed by atoms with Crippen molar-refractivity contribution in [2.75, 3.05) is 51.4 Å². The zero-order chi connectivity index (χ0) is 14.2. The zero-order valence-corrected chi connectivity index (χ0v) is 15.7. The van der Waals surface area contributed by atoms with E-state index in [0.717, 1.165) is 44.3 Å². The van der Waals surface area contributed by atoms with Gasteiger partial charge < -0.3 is 15.4 Å². The highest BCUT2D eigenvalue weighted by Crippen LogP contribution is 2.16. The van der Waals surface area contributed by atoms with Gasteiger partial charge in [0.2, 0.25) is 5.91 Å². The molecule has 0 aromatic rings. The number of carbonyl (C=O) groups is 1. The fraction of sp³-hybridized carbons (Fsp3) is 0.929. The maximum absolute atomic E-state index is 12.0. The second-order valence-corrected chi connectivity index (χ2v) is 6.71. The molecule has 2 N–H and O–H groups in total. The third-order valence-electron chi connectivity index (χ3n) is 4.05. The molecule has 2 atom stereocenters. The van der Waals surface area contributed by atoms with E-state index in [9.17, 15) is 4.79 Å². The number of thioether (sulfide) groups is 1. The molecular weight excluding hydrogens is 345 g/mol. The maximum Gasteiger partial charge on any atom is 0.221 e. The van der Waals surface area contributed by atoms with Gasteiger partial charge in [-0.25, -0.2) is 0 Å².